The second kappa shape index (κ2) is 7.48. The molecular formula is C25H23N3O6. The first-order valence-electron chi connectivity index (χ1n) is 11.4. The number of aromatic nitrogens is 2. The third-order valence-electron chi connectivity index (χ3n) is 7.11. The lowest BCUT2D eigenvalue weighted by atomic mass is 9.86. The maximum Gasteiger partial charge on any atom is 0.343 e. The van der Waals surface area contributed by atoms with Crippen LogP contribution in [0.3, 0.4) is 0 Å². The summed E-state index contributed by atoms with van der Waals surface area (Å²) in [6, 6.07) is 9.09. The van der Waals surface area contributed by atoms with Crippen molar-refractivity contribution in [3.05, 3.63) is 62.9 Å². The molecule has 1 saturated heterocycles. The van der Waals surface area contributed by atoms with Crippen LogP contribution in [0.2, 0.25) is 0 Å². The van der Waals surface area contributed by atoms with E-state index in [-0.39, 0.29) is 42.2 Å². The Morgan fingerprint density at radius 2 is 1.94 bits per heavy atom. The van der Waals surface area contributed by atoms with E-state index in [4.69, 9.17) is 14.5 Å². The number of ether oxygens (including phenoxy) is 2. The van der Waals surface area contributed by atoms with E-state index in [0.29, 0.717) is 54.3 Å². The number of cyclic esters (lactones) is 1. The van der Waals surface area contributed by atoms with Gasteiger partial charge in [0.25, 0.3) is 11.5 Å². The number of nitrogens with zero attached hydrogens (tertiary/aromatic N) is 3. The Hall–Kier alpha value is -3.56. The van der Waals surface area contributed by atoms with Crippen LogP contribution in [0, 0.1) is 0 Å². The van der Waals surface area contributed by atoms with Gasteiger partial charge in [0.15, 0.2) is 5.60 Å². The van der Waals surface area contributed by atoms with Gasteiger partial charge in [-0.3, -0.25) is 9.59 Å². The molecule has 0 unspecified atom stereocenters. The maximum atomic E-state index is 13.7. The van der Waals surface area contributed by atoms with E-state index < -0.39 is 11.6 Å². The van der Waals surface area contributed by atoms with Gasteiger partial charge in [0.2, 0.25) is 0 Å². The Kier molecular flexibility index (Phi) is 4.62. The summed E-state index contributed by atoms with van der Waals surface area (Å²) in [7, 11) is 0. The average Bonchev–Trinajstić information content (AvgIpc) is 3.23. The summed E-state index contributed by atoms with van der Waals surface area (Å²) in [4.78, 5) is 46.2. The van der Waals surface area contributed by atoms with Gasteiger partial charge in [-0.15, -0.1) is 0 Å². The van der Waals surface area contributed by atoms with E-state index >= 15 is 0 Å². The highest BCUT2D eigenvalue weighted by molar-refractivity contribution is 6.09. The van der Waals surface area contributed by atoms with E-state index in [1.165, 1.54) is 0 Å². The molecule has 3 aromatic rings. The van der Waals surface area contributed by atoms with Gasteiger partial charge in [0.1, 0.15) is 6.61 Å². The highest BCUT2D eigenvalue weighted by atomic mass is 16.6. The van der Waals surface area contributed by atoms with Crippen molar-refractivity contribution in [2.45, 2.75) is 32.1 Å². The predicted molar refractivity (Wildman–Crippen MR) is 121 cm³/mol. The van der Waals surface area contributed by atoms with Crippen LogP contribution < -0.4 is 5.56 Å². The van der Waals surface area contributed by atoms with Crippen molar-refractivity contribution < 1.29 is 24.2 Å². The lowest BCUT2D eigenvalue weighted by molar-refractivity contribution is -0.172. The molecule has 34 heavy (non-hydrogen) atoms. The summed E-state index contributed by atoms with van der Waals surface area (Å²) in [5.74, 6) is -0.882. The van der Waals surface area contributed by atoms with Gasteiger partial charge in [0, 0.05) is 29.6 Å². The Bertz CT molecular complexity index is 1440. The van der Waals surface area contributed by atoms with Crippen LogP contribution in [0.15, 0.2) is 35.1 Å². The van der Waals surface area contributed by atoms with Gasteiger partial charge in [-0.05, 0) is 18.6 Å². The molecule has 0 spiro atoms. The molecule has 6 rings (SSSR count). The van der Waals surface area contributed by atoms with Crippen molar-refractivity contribution in [2.24, 2.45) is 0 Å². The van der Waals surface area contributed by atoms with Crippen molar-refractivity contribution in [2.75, 3.05) is 26.3 Å². The lowest BCUT2D eigenvalue weighted by Gasteiger charge is -2.31. The molecule has 1 amide bonds. The number of hydrogen-bond donors (Lipinski definition) is 1. The molecule has 0 bridgehead atoms. The third kappa shape index (κ3) is 2.80. The van der Waals surface area contributed by atoms with Gasteiger partial charge >= 0.3 is 5.97 Å². The smallest absolute Gasteiger partial charge is 0.343 e. The zero-order chi connectivity index (χ0) is 23.6. The number of carbonyl (C=O) groups excluding carboxylic acids is 2. The molecule has 1 aromatic carbocycles. The Morgan fingerprint density at radius 1 is 1.18 bits per heavy atom. The Labute approximate surface area is 194 Å². The molecular weight excluding hydrogens is 438 g/mol. The second-order valence-corrected chi connectivity index (χ2v) is 8.84. The molecule has 3 aliphatic heterocycles. The van der Waals surface area contributed by atoms with E-state index in [0.717, 1.165) is 5.39 Å². The summed E-state index contributed by atoms with van der Waals surface area (Å²) >= 11 is 0. The van der Waals surface area contributed by atoms with E-state index in [2.05, 4.69) is 0 Å². The average molecular weight is 461 g/mol. The first-order chi connectivity index (χ1) is 16.4. The van der Waals surface area contributed by atoms with Crippen molar-refractivity contribution in [1.82, 2.24) is 14.5 Å². The number of benzene rings is 1. The van der Waals surface area contributed by atoms with Gasteiger partial charge in [-0.25, -0.2) is 9.78 Å². The molecule has 0 saturated carbocycles. The topological polar surface area (TPSA) is 111 Å². The van der Waals surface area contributed by atoms with E-state index in [1.807, 2.05) is 24.3 Å². The molecule has 1 atom stereocenters. The molecule has 2 aromatic heterocycles. The van der Waals surface area contributed by atoms with Crippen LogP contribution >= 0.6 is 0 Å². The highest BCUT2D eigenvalue weighted by Gasteiger charge is 2.45. The summed E-state index contributed by atoms with van der Waals surface area (Å²) in [6.45, 7) is 3.60. The number of amides is 1. The van der Waals surface area contributed by atoms with Crippen molar-refractivity contribution in [1.29, 1.82) is 0 Å². The number of aliphatic hydroxyl groups is 1. The van der Waals surface area contributed by atoms with Crippen LogP contribution in [-0.2, 0) is 33.0 Å². The number of pyridine rings is 2. The largest absolute Gasteiger partial charge is 0.458 e. The fraction of sp³-hybridized carbons (Fsp3) is 0.360. The van der Waals surface area contributed by atoms with Gasteiger partial charge in [-0.2, -0.15) is 0 Å². The number of hydrogen-bond acceptors (Lipinski definition) is 7. The molecule has 0 aliphatic carbocycles. The molecule has 1 N–H and O–H groups in total. The van der Waals surface area contributed by atoms with Gasteiger partial charge in [0.05, 0.1) is 47.8 Å². The standard InChI is InChI=1S/C25H23N3O6/c1-2-25(32)17-11-19-21-15(12-28(19)22(29)16(17)13-34-24(25)31)20(14-5-3-4-6-18(14)26-21)23(30)27-7-9-33-10-8-27/h3-6,11,32H,2,7-10,12-13H2,1H3/t25-/m0/s1. The van der Waals surface area contributed by atoms with Crippen LogP contribution in [0.1, 0.15) is 40.4 Å². The number of fused-ring (bicyclic) bond motifs is 5. The van der Waals surface area contributed by atoms with Crippen LogP contribution in [0.25, 0.3) is 22.3 Å². The molecule has 9 heteroatoms. The fourth-order valence-electron chi connectivity index (χ4n) is 5.20. The van der Waals surface area contributed by atoms with Crippen LogP contribution in [0.4, 0.5) is 0 Å². The molecule has 5 heterocycles. The maximum absolute atomic E-state index is 13.7. The Balaban J connectivity index is 1.61. The monoisotopic (exact) mass is 461 g/mol. The molecule has 0 radical (unpaired) electrons. The first-order valence-corrected chi connectivity index (χ1v) is 11.4. The number of morpholine rings is 1. The van der Waals surface area contributed by atoms with Crippen molar-refractivity contribution >= 4 is 22.8 Å². The van der Waals surface area contributed by atoms with E-state index in [1.54, 1.807) is 22.5 Å². The molecule has 1 fully saturated rings. The third-order valence-corrected chi connectivity index (χ3v) is 7.11. The minimum absolute atomic E-state index is 0.0699. The summed E-state index contributed by atoms with van der Waals surface area (Å²) in [5, 5.41) is 11.8. The van der Waals surface area contributed by atoms with Crippen LogP contribution in [0.5, 0.6) is 0 Å². The second-order valence-electron chi connectivity index (χ2n) is 8.84. The van der Waals surface area contributed by atoms with Crippen LogP contribution in [-0.4, -0.2) is 57.7 Å². The zero-order valence-corrected chi connectivity index (χ0v) is 18.7. The minimum Gasteiger partial charge on any atom is -0.458 e. The predicted octanol–water partition coefficient (Wildman–Crippen LogP) is 1.55. The molecule has 174 valence electrons. The Morgan fingerprint density at radius 3 is 2.71 bits per heavy atom. The molecule has 9 nitrogen and oxygen atoms in total. The number of carbonyl (C=O) groups is 2. The van der Waals surface area contributed by atoms with Gasteiger partial charge < -0.3 is 24.0 Å². The quantitative estimate of drug-likeness (QED) is 0.451. The van der Waals surface area contributed by atoms with Crippen molar-refractivity contribution in [3.63, 3.8) is 0 Å². The highest BCUT2D eigenvalue weighted by Crippen LogP contribution is 2.40. The molecule has 3 aliphatic rings. The number of esters is 1. The SMILES string of the molecule is CC[C@@]1(O)C(=O)OCc2c1cc1n(c2=O)Cc2c-1nc1ccccc1c2C(=O)N1CCOCC1. The summed E-state index contributed by atoms with van der Waals surface area (Å²) < 4.78 is 12.1. The lowest BCUT2D eigenvalue weighted by Crippen LogP contribution is -2.44. The summed E-state index contributed by atoms with van der Waals surface area (Å²) in [5.41, 5.74) is 1.12. The van der Waals surface area contributed by atoms with E-state index in [9.17, 15) is 19.5 Å². The summed E-state index contributed by atoms with van der Waals surface area (Å²) in [6.07, 6.45) is 0.0699. The minimum atomic E-state index is -1.89. The van der Waals surface area contributed by atoms with Crippen molar-refractivity contribution in [3.8, 4) is 11.4 Å². The first kappa shape index (κ1) is 21.0. The fourth-order valence-corrected chi connectivity index (χ4v) is 5.20. The number of para-hydroxylation sites is 1. The normalized spacial score (nSPS) is 21.1. The zero-order valence-electron chi connectivity index (χ0n) is 18.7. The number of rotatable bonds is 2. The van der Waals surface area contributed by atoms with Gasteiger partial charge in [-0.1, -0.05) is 25.1 Å².